The van der Waals surface area contributed by atoms with Crippen molar-refractivity contribution >= 4 is 40.5 Å². The number of Topliss-reactive ketones (excluding diaryl/α,β-unsaturated/α-hetero) is 1. The summed E-state index contributed by atoms with van der Waals surface area (Å²) < 4.78 is 11.5. The Bertz CT molecular complexity index is 1520. The van der Waals surface area contributed by atoms with E-state index in [1.807, 2.05) is 26.0 Å². The minimum Gasteiger partial charge on any atom is -0.507 e. The van der Waals surface area contributed by atoms with E-state index in [1.54, 1.807) is 12.1 Å². The molecule has 2 atom stereocenters. The van der Waals surface area contributed by atoms with Crippen LogP contribution < -0.4 is 20.8 Å². The molecule has 2 aromatic rings. The molecule has 42 heavy (non-hydrogen) atoms. The van der Waals surface area contributed by atoms with E-state index < -0.39 is 29.2 Å². The average molecular weight is 597 g/mol. The molecule has 1 aromatic carbocycles. The quantitative estimate of drug-likeness (QED) is 0.107. The number of rotatable bonds is 16. The number of allylic oxidation sites excluding steroid dienone is 1. The highest BCUT2D eigenvalue weighted by Crippen LogP contribution is 2.33. The number of benzene rings is 1. The van der Waals surface area contributed by atoms with Gasteiger partial charge in [0.2, 0.25) is 5.76 Å². The first-order valence-electron chi connectivity index (χ1n) is 14.6. The van der Waals surface area contributed by atoms with Crippen LogP contribution in [-0.2, 0) is 6.42 Å². The molecule has 0 radical (unpaired) electrons. The molecular weight excluding hydrogens is 556 g/mol. The number of hydrogen-bond donors (Lipinski definition) is 3. The maximum Gasteiger partial charge on any atom is 0.371 e. The zero-order valence-electron chi connectivity index (χ0n) is 24.5. The smallest absolute Gasteiger partial charge is 0.371 e. The van der Waals surface area contributed by atoms with Crippen molar-refractivity contribution in [2.24, 2.45) is 5.92 Å². The molecule has 1 aliphatic carbocycles. The van der Waals surface area contributed by atoms with Crippen LogP contribution in [0.5, 0.6) is 11.5 Å². The second-order valence-electron chi connectivity index (χ2n) is 10.6. The van der Waals surface area contributed by atoms with Crippen molar-refractivity contribution < 1.29 is 34.1 Å². The zero-order chi connectivity index (χ0) is 30.8. The molecule has 9 heteroatoms. The van der Waals surface area contributed by atoms with Gasteiger partial charge in [0.1, 0.15) is 16.9 Å². The number of aliphatic hydroxyl groups excluding tert-OH is 1. The van der Waals surface area contributed by atoms with Gasteiger partial charge < -0.3 is 24.5 Å². The molecule has 3 rings (SSSR count). The third-order valence-electron chi connectivity index (χ3n) is 7.32. The second-order valence-corrected chi connectivity index (χ2v) is 11.1. The van der Waals surface area contributed by atoms with E-state index in [1.165, 1.54) is 13.0 Å². The van der Waals surface area contributed by atoms with Crippen LogP contribution in [0.2, 0.25) is 0 Å². The lowest BCUT2D eigenvalue weighted by Crippen LogP contribution is -2.46. The number of hydrogen-bond acceptors (Lipinski definition) is 8. The summed E-state index contributed by atoms with van der Waals surface area (Å²) in [6.45, 7) is 5.90. The molecule has 0 saturated carbocycles. The van der Waals surface area contributed by atoms with Gasteiger partial charge in [0.15, 0.2) is 11.2 Å². The zero-order valence-corrected chi connectivity index (χ0v) is 25.3. The molecule has 0 amide bonds. The maximum absolute atomic E-state index is 13.0. The Balaban J connectivity index is 1.75. The lowest BCUT2D eigenvalue weighted by molar-refractivity contribution is 0.0656. The Morgan fingerprint density at radius 2 is 1.93 bits per heavy atom. The second kappa shape index (κ2) is 15.6. The Morgan fingerprint density at radius 3 is 2.60 bits per heavy atom. The molecule has 1 aliphatic rings. The van der Waals surface area contributed by atoms with Gasteiger partial charge in [-0.2, -0.15) is 0 Å². The van der Waals surface area contributed by atoms with Crippen molar-refractivity contribution in [2.45, 2.75) is 84.7 Å². The van der Waals surface area contributed by atoms with Crippen molar-refractivity contribution in [1.82, 2.24) is 0 Å². The number of thiocarbonyl (C=S) groups is 1. The number of ketones is 1. The van der Waals surface area contributed by atoms with Gasteiger partial charge in [0.25, 0.3) is 0 Å². The SMILES string of the molecule is CCCC[C@H](O)[C@H](/C=C\CCCCOc1ccc(C(C)=O)c(O)c1CCC)C1=c2c(=O)cc(C(=O)O)oc2=CC(=S)C1. The number of phenolic OH excluding ortho intramolecular Hbond substituents is 1. The Hall–Kier alpha value is -3.56. The van der Waals surface area contributed by atoms with E-state index in [4.69, 9.17) is 21.4 Å². The standard InChI is InChI=1S/C33H40O8S/c1-4-6-13-26(35)23(25-17-21(42)18-29-31(25)27(36)19-30(41-29)33(38)39)12-9-7-8-10-16-40-28-15-14-22(20(3)34)32(37)24(28)11-5-2/h9,12,14-15,18-19,23,26,35,37H,4-8,10-11,13,16-17H2,1-3H3,(H,38,39)/b12-9-/t23-,26+/m1/s1. The number of aromatic hydroxyl groups is 1. The fourth-order valence-corrected chi connectivity index (χ4v) is 5.44. The summed E-state index contributed by atoms with van der Waals surface area (Å²) >= 11 is 5.44. The topological polar surface area (TPSA) is 134 Å². The van der Waals surface area contributed by atoms with Gasteiger partial charge in [0.05, 0.1) is 23.5 Å². The number of carbonyl (C=O) groups is 2. The first-order valence-corrected chi connectivity index (χ1v) is 15.0. The van der Waals surface area contributed by atoms with Crippen LogP contribution in [0.4, 0.5) is 0 Å². The van der Waals surface area contributed by atoms with Crippen LogP contribution in [0.15, 0.2) is 39.6 Å². The number of carbonyl (C=O) groups excluding carboxylic acids is 1. The molecule has 0 spiro atoms. The van der Waals surface area contributed by atoms with Gasteiger partial charge in [-0.1, -0.05) is 57.5 Å². The number of carboxylic acids is 1. The number of fused-ring (bicyclic) bond motifs is 1. The van der Waals surface area contributed by atoms with Crippen molar-refractivity contribution in [3.8, 4) is 11.5 Å². The molecule has 0 fully saturated rings. The molecule has 0 saturated heterocycles. The fraction of sp³-hybridized carbons (Fsp3) is 0.455. The first kappa shape index (κ1) is 32.9. The molecule has 1 heterocycles. The monoisotopic (exact) mass is 596 g/mol. The van der Waals surface area contributed by atoms with E-state index in [2.05, 4.69) is 0 Å². The molecule has 3 N–H and O–H groups in total. The summed E-state index contributed by atoms with van der Waals surface area (Å²) in [4.78, 5) is 36.7. The Morgan fingerprint density at radius 1 is 1.17 bits per heavy atom. The molecule has 8 nitrogen and oxygen atoms in total. The fourth-order valence-electron chi connectivity index (χ4n) is 5.18. The number of aromatic carboxylic acids is 1. The van der Waals surface area contributed by atoms with Crippen LogP contribution in [-0.4, -0.2) is 44.6 Å². The molecule has 1 aromatic heterocycles. The van der Waals surface area contributed by atoms with Crippen LogP contribution in [0.3, 0.4) is 0 Å². The highest BCUT2D eigenvalue weighted by Gasteiger charge is 2.26. The van der Waals surface area contributed by atoms with Gasteiger partial charge >= 0.3 is 5.97 Å². The van der Waals surface area contributed by atoms with E-state index in [0.717, 1.165) is 38.2 Å². The van der Waals surface area contributed by atoms with E-state index in [9.17, 15) is 29.7 Å². The summed E-state index contributed by atoms with van der Waals surface area (Å²) in [6.07, 6.45) is 10.9. The van der Waals surface area contributed by atoms with E-state index >= 15 is 0 Å². The third-order valence-corrected chi connectivity index (χ3v) is 7.58. The molecule has 0 aliphatic heterocycles. The summed E-state index contributed by atoms with van der Waals surface area (Å²) in [7, 11) is 0. The van der Waals surface area contributed by atoms with Crippen LogP contribution in [0.1, 0.15) is 98.6 Å². The van der Waals surface area contributed by atoms with E-state index in [0.29, 0.717) is 59.6 Å². The normalized spacial score (nSPS) is 14.4. The third kappa shape index (κ3) is 8.26. The van der Waals surface area contributed by atoms with Crippen LogP contribution in [0.25, 0.3) is 11.6 Å². The molecule has 0 bridgehead atoms. The van der Waals surface area contributed by atoms with Crippen molar-refractivity contribution in [3.63, 3.8) is 0 Å². The largest absolute Gasteiger partial charge is 0.507 e. The molecule has 0 unspecified atom stereocenters. The number of carboxylic acid groups (broad SMARTS) is 1. The lowest BCUT2D eigenvalue weighted by atomic mass is 9.84. The predicted octanol–water partition coefficient (Wildman–Crippen LogP) is 4.88. The number of ether oxygens (including phenoxy) is 1. The summed E-state index contributed by atoms with van der Waals surface area (Å²) in [5.74, 6) is -1.88. The molecule has 226 valence electrons. The summed E-state index contributed by atoms with van der Waals surface area (Å²) in [5.41, 5.74) is 1.24. The summed E-state index contributed by atoms with van der Waals surface area (Å²) in [5, 5.41) is 31.3. The number of aliphatic hydroxyl groups is 1. The van der Waals surface area contributed by atoms with Gasteiger partial charge in [-0.15, -0.1) is 0 Å². The van der Waals surface area contributed by atoms with Gasteiger partial charge in [0, 0.05) is 28.8 Å². The Kier molecular flexibility index (Phi) is 12.2. The number of phenols is 1. The highest BCUT2D eigenvalue weighted by atomic mass is 32.1. The van der Waals surface area contributed by atoms with Crippen molar-refractivity contribution in [3.05, 3.63) is 68.1 Å². The average Bonchev–Trinajstić information content (AvgIpc) is 2.93. The van der Waals surface area contributed by atoms with Gasteiger partial charge in [-0.05, 0) is 62.8 Å². The van der Waals surface area contributed by atoms with Crippen LogP contribution in [0, 0.1) is 5.92 Å². The maximum atomic E-state index is 13.0. The summed E-state index contributed by atoms with van der Waals surface area (Å²) in [6, 6.07) is 4.30. The van der Waals surface area contributed by atoms with Gasteiger partial charge in [-0.25, -0.2) is 4.79 Å². The number of unbranched alkanes of at least 4 members (excludes halogenated alkanes) is 3. The van der Waals surface area contributed by atoms with Crippen LogP contribution >= 0.6 is 12.2 Å². The van der Waals surface area contributed by atoms with Crippen molar-refractivity contribution in [2.75, 3.05) is 6.61 Å². The lowest BCUT2D eigenvalue weighted by Gasteiger charge is -2.24. The minimum absolute atomic E-state index is 0.00968. The Labute approximate surface area is 251 Å². The highest BCUT2D eigenvalue weighted by molar-refractivity contribution is 7.81. The predicted molar refractivity (Wildman–Crippen MR) is 166 cm³/mol. The first-order chi connectivity index (χ1) is 20.1. The van der Waals surface area contributed by atoms with Crippen molar-refractivity contribution in [1.29, 1.82) is 0 Å². The van der Waals surface area contributed by atoms with Gasteiger partial charge in [-0.3, -0.25) is 9.59 Å². The van der Waals surface area contributed by atoms with E-state index in [-0.39, 0.29) is 22.2 Å². The minimum atomic E-state index is -1.34. The molecular formula is C33H40O8S.